The first-order valence-electron chi connectivity index (χ1n) is 9.67. The highest BCUT2D eigenvalue weighted by atomic mass is 35.5. The summed E-state index contributed by atoms with van der Waals surface area (Å²) in [5, 5.41) is 3.61. The maximum atomic E-state index is 13.2. The Hall–Kier alpha value is -3.28. The topological polar surface area (TPSA) is 68.5 Å². The van der Waals surface area contributed by atoms with Crippen molar-refractivity contribution in [2.24, 2.45) is 0 Å². The Balaban J connectivity index is 2.09. The van der Waals surface area contributed by atoms with Gasteiger partial charge in [-0.3, -0.25) is 9.59 Å². The number of benzene rings is 2. The molecule has 1 N–H and O–H groups in total. The molecule has 0 aliphatic heterocycles. The summed E-state index contributed by atoms with van der Waals surface area (Å²) in [6.45, 7) is 5.09. The van der Waals surface area contributed by atoms with Gasteiger partial charge in [0.2, 0.25) is 17.5 Å². The van der Waals surface area contributed by atoms with Crippen LogP contribution in [0.4, 0.5) is 5.69 Å². The van der Waals surface area contributed by atoms with E-state index in [-0.39, 0.29) is 28.2 Å². The van der Waals surface area contributed by atoms with Crippen molar-refractivity contribution in [3.63, 3.8) is 0 Å². The van der Waals surface area contributed by atoms with Crippen molar-refractivity contribution >= 4 is 51.5 Å². The van der Waals surface area contributed by atoms with E-state index in [1.165, 1.54) is 32.3 Å². The monoisotopic (exact) mass is 469 g/mol. The number of anilines is 1. The molecule has 0 aliphatic carbocycles. The van der Waals surface area contributed by atoms with Crippen molar-refractivity contribution in [1.29, 1.82) is 0 Å². The number of amides is 1. The molecule has 0 radical (unpaired) electrons. The first-order valence-corrected chi connectivity index (χ1v) is 10.6. The Morgan fingerprint density at radius 3 is 2.59 bits per heavy atom. The number of furan rings is 1. The number of fused-ring (bicyclic) bond motifs is 1. The summed E-state index contributed by atoms with van der Waals surface area (Å²) in [5.41, 5.74) is 3.08. The minimum Gasteiger partial charge on any atom is -0.492 e. The zero-order chi connectivity index (χ0) is 23.3. The van der Waals surface area contributed by atoms with Gasteiger partial charge in [0.15, 0.2) is 5.75 Å². The van der Waals surface area contributed by atoms with Crippen molar-refractivity contribution in [2.45, 2.75) is 6.92 Å². The molecule has 1 aromatic heterocycles. The molecule has 0 saturated carbocycles. The lowest BCUT2D eigenvalue weighted by Crippen LogP contribution is -2.05. The molecule has 32 heavy (non-hydrogen) atoms. The van der Waals surface area contributed by atoms with Crippen LogP contribution in [0.2, 0.25) is 0 Å². The van der Waals surface area contributed by atoms with Gasteiger partial charge in [-0.05, 0) is 35.4 Å². The number of carbonyl (C=O) groups is 2. The van der Waals surface area contributed by atoms with Crippen molar-refractivity contribution in [3.8, 4) is 16.9 Å². The summed E-state index contributed by atoms with van der Waals surface area (Å²) in [5.74, 6) is -0.103. The third-order valence-corrected chi connectivity index (χ3v) is 5.13. The highest BCUT2D eigenvalue weighted by molar-refractivity contribution is 6.37. The SMILES string of the molecule is C=C/C=C(C(=O)c1oc2cc(-c3cccc(NC(C)=O)c3)ccc2c1OC)\C(Cl)=C/CCl. The number of nitrogens with one attached hydrogen (secondary N) is 1. The van der Waals surface area contributed by atoms with E-state index in [1.807, 2.05) is 42.5 Å². The Bertz CT molecular complexity index is 1250. The number of hydrogen-bond donors (Lipinski definition) is 1. The number of alkyl halides is 1. The fraction of sp³-hybridized carbons (Fsp3) is 0.120. The highest BCUT2D eigenvalue weighted by Gasteiger charge is 2.26. The third kappa shape index (κ3) is 4.96. The molecule has 0 fully saturated rings. The third-order valence-electron chi connectivity index (χ3n) is 4.61. The summed E-state index contributed by atoms with van der Waals surface area (Å²) in [7, 11) is 1.47. The second-order valence-corrected chi connectivity index (χ2v) is 7.50. The molecular weight excluding hydrogens is 449 g/mol. The summed E-state index contributed by atoms with van der Waals surface area (Å²) >= 11 is 12.0. The summed E-state index contributed by atoms with van der Waals surface area (Å²) in [6, 6.07) is 13.0. The van der Waals surface area contributed by atoms with E-state index < -0.39 is 5.78 Å². The van der Waals surface area contributed by atoms with E-state index in [2.05, 4.69) is 11.9 Å². The second kappa shape index (κ2) is 10.4. The normalized spacial score (nSPS) is 12.0. The second-order valence-electron chi connectivity index (χ2n) is 6.79. The van der Waals surface area contributed by atoms with Crippen LogP contribution >= 0.6 is 23.2 Å². The van der Waals surface area contributed by atoms with Gasteiger partial charge in [0, 0.05) is 29.1 Å². The number of ether oxygens (including phenoxy) is 1. The molecule has 7 heteroatoms. The first kappa shape index (κ1) is 23.4. The van der Waals surface area contributed by atoms with Crippen LogP contribution in [0.5, 0.6) is 5.75 Å². The van der Waals surface area contributed by atoms with Gasteiger partial charge in [-0.2, -0.15) is 0 Å². The number of Topliss-reactive ketones (excluding diaryl/α,β-unsaturated/α-hetero) is 1. The van der Waals surface area contributed by atoms with Gasteiger partial charge in [0.05, 0.1) is 12.5 Å². The van der Waals surface area contributed by atoms with E-state index in [9.17, 15) is 9.59 Å². The van der Waals surface area contributed by atoms with Gasteiger partial charge in [-0.1, -0.05) is 54.6 Å². The largest absolute Gasteiger partial charge is 0.492 e. The van der Waals surface area contributed by atoms with Crippen LogP contribution in [0.3, 0.4) is 0 Å². The number of carbonyl (C=O) groups excluding carboxylic acids is 2. The maximum Gasteiger partial charge on any atom is 0.233 e. The van der Waals surface area contributed by atoms with Crippen LogP contribution in [0, 0.1) is 0 Å². The number of hydrogen-bond acceptors (Lipinski definition) is 4. The fourth-order valence-corrected chi connectivity index (χ4v) is 3.73. The lowest BCUT2D eigenvalue weighted by atomic mass is 10.0. The van der Waals surface area contributed by atoms with E-state index in [0.717, 1.165) is 11.1 Å². The molecular formula is C25H21Cl2NO4. The van der Waals surface area contributed by atoms with Crippen LogP contribution < -0.4 is 10.1 Å². The van der Waals surface area contributed by atoms with Gasteiger partial charge >= 0.3 is 0 Å². The van der Waals surface area contributed by atoms with Gasteiger partial charge in [-0.15, -0.1) is 11.6 Å². The molecule has 2 aromatic carbocycles. The summed E-state index contributed by atoms with van der Waals surface area (Å²) in [4.78, 5) is 24.6. The van der Waals surface area contributed by atoms with Gasteiger partial charge < -0.3 is 14.5 Å². The molecule has 0 bridgehead atoms. The minimum atomic E-state index is -0.446. The summed E-state index contributed by atoms with van der Waals surface area (Å²) < 4.78 is 11.4. The van der Waals surface area contributed by atoms with Crippen LogP contribution in [-0.4, -0.2) is 24.7 Å². The van der Waals surface area contributed by atoms with Crippen LogP contribution in [0.25, 0.3) is 22.1 Å². The predicted molar refractivity (Wildman–Crippen MR) is 130 cm³/mol. The number of methoxy groups -OCH3 is 1. The van der Waals surface area contributed by atoms with E-state index in [1.54, 1.807) is 0 Å². The van der Waals surface area contributed by atoms with Crippen LogP contribution in [0.1, 0.15) is 17.5 Å². The fourth-order valence-electron chi connectivity index (χ4n) is 3.27. The van der Waals surface area contributed by atoms with Crippen LogP contribution in [0.15, 0.2) is 82.3 Å². The molecule has 5 nitrogen and oxygen atoms in total. The molecule has 0 spiro atoms. The number of ketones is 1. The van der Waals surface area contributed by atoms with Crippen LogP contribution in [-0.2, 0) is 4.79 Å². The average Bonchev–Trinajstić information content (AvgIpc) is 3.14. The lowest BCUT2D eigenvalue weighted by molar-refractivity contribution is -0.114. The van der Waals surface area contributed by atoms with E-state index in [4.69, 9.17) is 32.4 Å². The molecule has 3 rings (SSSR count). The Morgan fingerprint density at radius 2 is 1.94 bits per heavy atom. The highest BCUT2D eigenvalue weighted by Crippen LogP contribution is 2.38. The molecule has 3 aromatic rings. The Labute approximate surface area is 196 Å². The van der Waals surface area contributed by atoms with E-state index >= 15 is 0 Å². The van der Waals surface area contributed by atoms with Crippen molar-refractivity contribution in [2.75, 3.05) is 18.3 Å². The number of rotatable bonds is 8. The smallest absolute Gasteiger partial charge is 0.233 e. The molecule has 0 unspecified atom stereocenters. The number of allylic oxidation sites excluding steroid dienone is 5. The number of halogens is 2. The Kier molecular flexibility index (Phi) is 7.57. The first-order chi connectivity index (χ1) is 15.4. The van der Waals surface area contributed by atoms with Crippen molar-refractivity contribution < 1.29 is 18.7 Å². The minimum absolute atomic E-state index is 0.0286. The zero-order valence-corrected chi connectivity index (χ0v) is 19.1. The predicted octanol–water partition coefficient (Wildman–Crippen LogP) is 6.72. The lowest BCUT2D eigenvalue weighted by Gasteiger charge is -2.06. The van der Waals surface area contributed by atoms with Gasteiger partial charge in [0.25, 0.3) is 0 Å². The van der Waals surface area contributed by atoms with Crippen molar-refractivity contribution in [1.82, 2.24) is 0 Å². The summed E-state index contributed by atoms with van der Waals surface area (Å²) in [6.07, 6.45) is 4.48. The maximum absolute atomic E-state index is 13.2. The van der Waals surface area contributed by atoms with E-state index in [0.29, 0.717) is 22.4 Å². The Morgan fingerprint density at radius 1 is 1.19 bits per heavy atom. The molecule has 0 atom stereocenters. The molecule has 1 amide bonds. The quantitative estimate of drug-likeness (QED) is 0.172. The van der Waals surface area contributed by atoms with Gasteiger partial charge in [0.1, 0.15) is 5.58 Å². The molecule has 0 saturated heterocycles. The standard InChI is InChI=1S/C25H21Cl2NO4/c1-4-6-19(21(27)11-12-26)23(30)25-24(31-3)20-10-9-17(14-22(20)32-25)16-7-5-8-18(13-16)28-15(2)29/h4-11,13-14H,1,12H2,2-3H3,(H,28,29)/b19-6+,21-11+. The molecule has 1 heterocycles. The van der Waals surface area contributed by atoms with Gasteiger partial charge in [-0.25, -0.2) is 0 Å². The average molecular weight is 470 g/mol. The van der Waals surface area contributed by atoms with Crippen molar-refractivity contribution in [3.05, 3.63) is 83.6 Å². The zero-order valence-electron chi connectivity index (χ0n) is 17.6. The molecule has 164 valence electrons. The molecule has 0 aliphatic rings.